The summed E-state index contributed by atoms with van der Waals surface area (Å²) in [5.41, 5.74) is 1.12. The smallest absolute Gasteiger partial charge is 0.273 e. The molecule has 0 fully saturated rings. The van der Waals surface area contributed by atoms with Gasteiger partial charge >= 0.3 is 0 Å². The molecule has 9 heteroatoms. The van der Waals surface area contributed by atoms with Crippen LogP contribution in [-0.4, -0.2) is 36.4 Å². The minimum atomic E-state index is -3.79. The van der Waals surface area contributed by atoms with Crippen LogP contribution in [0.3, 0.4) is 0 Å². The van der Waals surface area contributed by atoms with Gasteiger partial charge in [0, 0.05) is 17.8 Å². The number of aromatic nitrogens is 1. The van der Waals surface area contributed by atoms with Crippen molar-refractivity contribution in [1.29, 1.82) is 0 Å². The molecule has 2 aromatic carbocycles. The molecule has 0 aliphatic carbocycles. The van der Waals surface area contributed by atoms with Gasteiger partial charge in [0.05, 0.1) is 17.3 Å². The van der Waals surface area contributed by atoms with Gasteiger partial charge in [-0.15, -0.1) is 0 Å². The summed E-state index contributed by atoms with van der Waals surface area (Å²) >= 11 is 0. The third kappa shape index (κ3) is 6.61. The van der Waals surface area contributed by atoms with Crippen molar-refractivity contribution in [2.75, 3.05) is 5.75 Å². The van der Waals surface area contributed by atoms with Crippen molar-refractivity contribution < 1.29 is 27.9 Å². The van der Waals surface area contributed by atoms with E-state index in [1.165, 1.54) is 12.1 Å². The summed E-state index contributed by atoms with van der Waals surface area (Å²) in [4.78, 5) is 16.4. The third-order valence-corrected chi connectivity index (χ3v) is 7.04. The van der Waals surface area contributed by atoms with E-state index in [2.05, 4.69) is 4.98 Å². The Morgan fingerprint density at radius 2 is 1.70 bits per heavy atom. The van der Waals surface area contributed by atoms with Crippen molar-refractivity contribution in [2.24, 2.45) is 5.41 Å². The van der Waals surface area contributed by atoms with Gasteiger partial charge < -0.3 is 9.47 Å². The molecule has 0 aliphatic heterocycles. The number of benzene rings is 2. The lowest BCUT2D eigenvalue weighted by Gasteiger charge is -2.32. The molecule has 8 nitrogen and oxygen atoms in total. The van der Waals surface area contributed by atoms with Crippen LogP contribution >= 0.6 is 0 Å². The normalized spacial score (nSPS) is 12.7. The number of amides is 1. The van der Waals surface area contributed by atoms with E-state index in [9.17, 15) is 18.4 Å². The monoisotopic (exact) mass is 470 g/mol. The van der Waals surface area contributed by atoms with Crippen LogP contribution < -0.4 is 10.2 Å². The number of para-hydroxylation sites is 1. The summed E-state index contributed by atoms with van der Waals surface area (Å²) in [6, 6.07) is 18.7. The Hall–Kier alpha value is -3.27. The molecule has 33 heavy (non-hydrogen) atoms. The molecule has 1 aromatic heterocycles. The zero-order valence-electron chi connectivity index (χ0n) is 18.3. The van der Waals surface area contributed by atoms with Gasteiger partial charge in [0.2, 0.25) is 0 Å². The third-order valence-electron chi connectivity index (χ3n) is 4.92. The molecule has 3 aromatic rings. The highest BCUT2D eigenvalue weighted by molar-refractivity contribution is 7.91. The van der Waals surface area contributed by atoms with Crippen LogP contribution in [0.15, 0.2) is 84.0 Å². The predicted molar refractivity (Wildman–Crippen MR) is 122 cm³/mol. The number of pyridine rings is 1. The summed E-state index contributed by atoms with van der Waals surface area (Å²) in [6.45, 7) is 3.22. The van der Waals surface area contributed by atoms with Crippen molar-refractivity contribution in [3.8, 4) is 11.5 Å². The highest BCUT2D eigenvalue weighted by Crippen LogP contribution is 2.30. The van der Waals surface area contributed by atoms with E-state index in [1.807, 2.05) is 18.2 Å². The fraction of sp³-hybridized carbons (Fsp3) is 0.250. The highest BCUT2D eigenvalue weighted by atomic mass is 32.2. The second-order valence-corrected chi connectivity index (χ2v) is 10.2. The maximum absolute atomic E-state index is 13.1. The molecule has 1 atom stereocenters. The molecule has 0 saturated heterocycles. The van der Waals surface area contributed by atoms with E-state index in [0.29, 0.717) is 17.1 Å². The largest absolute Gasteiger partial charge is 0.457 e. The Morgan fingerprint density at radius 3 is 2.30 bits per heavy atom. The first kappa shape index (κ1) is 24.4. The number of hydroxylamine groups is 1. The van der Waals surface area contributed by atoms with Crippen molar-refractivity contribution in [3.05, 3.63) is 84.7 Å². The summed E-state index contributed by atoms with van der Waals surface area (Å²) in [7, 11) is -3.79. The Balaban J connectivity index is 1.74. The van der Waals surface area contributed by atoms with Crippen LogP contribution in [0.4, 0.5) is 0 Å². The predicted octanol–water partition coefficient (Wildman–Crippen LogP) is 3.76. The number of nitrogens with one attached hydrogen (secondary N) is 1. The van der Waals surface area contributed by atoms with Crippen LogP contribution in [-0.2, 0) is 26.0 Å². The standard InChI is InChI=1S/C24H26N2O6S/c1-24(2,22(23(27)26-28)31-16-18-7-6-14-25-15-18)17-33(29,30)21-12-10-20(11-13-21)32-19-8-4-3-5-9-19/h3-15,22,28H,16-17H2,1-2H3,(H,26,27). The van der Waals surface area contributed by atoms with Crippen molar-refractivity contribution in [3.63, 3.8) is 0 Å². The van der Waals surface area contributed by atoms with Gasteiger partial charge in [-0.25, -0.2) is 13.9 Å². The van der Waals surface area contributed by atoms with E-state index in [-0.39, 0.29) is 17.3 Å². The fourth-order valence-electron chi connectivity index (χ4n) is 3.37. The Bertz CT molecular complexity index is 1150. The van der Waals surface area contributed by atoms with E-state index in [1.54, 1.807) is 68.1 Å². The van der Waals surface area contributed by atoms with Gasteiger partial charge in [-0.05, 0) is 48.0 Å². The molecular formula is C24H26N2O6S. The zero-order valence-corrected chi connectivity index (χ0v) is 19.2. The van der Waals surface area contributed by atoms with Crippen LogP contribution in [0.25, 0.3) is 0 Å². The van der Waals surface area contributed by atoms with Gasteiger partial charge in [-0.3, -0.25) is 15.0 Å². The van der Waals surface area contributed by atoms with Gasteiger partial charge in [0.1, 0.15) is 17.6 Å². The minimum absolute atomic E-state index is 0.0287. The second kappa shape index (κ2) is 10.6. The summed E-state index contributed by atoms with van der Waals surface area (Å²) < 4.78 is 37.6. The number of carbonyl (C=O) groups is 1. The molecule has 0 radical (unpaired) electrons. The lowest BCUT2D eigenvalue weighted by Crippen LogP contribution is -2.47. The van der Waals surface area contributed by atoms with Crippen LogP contribution in [0.5, 0.6) is 11.5 Å². The first-order valence-corrected chi connectivity index (χ1v) is 11.9. The lowest BCUT2D eigenvalue weighted by atomic mass is 9.88. The first-order valence-electron chi connectivity index (χ1n) is 10.2. The maximum Gasteiger partial charge on any atom is 0.273 e. The zero-order chi connectivity index (χ0) is 23.9. The Morgan fingerprint density at radius 1 is 1.03 bits per heavy atom. The molecule has 174 valence electrons. The summed E-state index contributed by atoms with van der Waals surface area (Å²) in [5.74, 6) is -0.0791. The average Bonchev–Trinajstić information content (AvgIpc) is 2.80. The molecule has 1 heterocycles. The molecule has 1 amide bonds. The number of ether oxygens (including phenoxy) is 2. The molecule has 0 aliphatic rings. The van der Waals surface area contributed by atoms with Crippen molar-refractivity contribution in [2.45, 2.75) is 31.5 Å². The number of rotatable bonds is 10. The molecule has 0 spiro atoms. The number of nitrogens with zero attached hydrogens (tertiary/aromatic N) is 1. The van der Waals surface area contributed by atoms with E-state index >= 15 is 0 Å². The maximum atomic E-state index is 13.1. The fourth-order valence-corrected chi connectivity index (χ4v) is 5.21. The quantitative estimate of drug-likeness (QED) is 0.342. The minimum Gasteiger partial charge on any atom is -0.457 e. The molecular weight excluding hydrogens is 444 g/mol. The molecule has 3 rings (SSSR count). The van der Waals surface area contributed by atoms with Crippen LogP contribution in [0, 0.1) is 5.41 Å². The summed E-state index contributed by atoms with van der Waals surface area (Å²) in [5, 5.41) is 9.18. The van der Waals surface area contributed by atoms with Crippen molar-refractivity contribution in [1.82, 2.24) is 10.5 Å². The van der Waals surface area contributed by atoms with Gasteiger partial charge in [0.25, 0.3) is 5.91 Å². The molecule has 0 bridgehead atoms. The number of sulfone groups is 1. The average molecular weight is 471 g/mol. The number of hydrogen-bond donors (Lipinski definition) is 2. The van der Waals surface area contributed by atoms with Crippen LogP contribution in [0.2, 0.25) is 0 Å². The second-order valence-electron chi connectivity index (χ2n) is 8.16. The van der Waals surface area contributed by atoms with E-state index in [0.717, 1.165) is 0 Å². The van der Waals surface area contributed by atoms with Crippen LogP contribution in [0.1, 0.15) is 19.4 Å². The highest BCUT2D eigenvalue weighted by Gasteiger charge is 2.40. The molecule has 0 saturated carbocycles. The number of hydrogen-bond acceptors (Lipinski definition) is 7. The van der Waals surface area contributed by atoms with Gasteiger partial charge in [-0.2, -0.15) is 0 Å². The lowest BCUT2D eigenvalue weighted by molar-refractivity contribution is -0.149. The Labute approximate surface area is 193 Å². The number of carbonyl (C=O) groups excluding carboxylic acids is 1. The van der Waals surface area contributed by atoms with E-state index in [4.69, 9.17) is 9.47 Å². The molecule has 1 unspecified atom stereocenters. The van der Waals surface area contributed by atoms with Gasteiger partial charge in [-0.1, -0.05) is 38.1 Å². The first-order chi connectivity index (χ1) is 15.7. The van der Waals surface area contributed by atoms with Gasteiger partial charge in [0.15, 0.2) is 9.84 Å². The van der Waals surface area contributed by atoms with Crippen molar-refractivity contribution >= 4 is 15.7 Å². The summed E-state index contributed by atoms with van der Waals surface area (Å²) in [6.07, 6.45) is 1.96. The Kier molecular flexibility index (Phi) is 7.80. The van der Waals surface area contributed by atoms with E-state index < -0.39 is 27.3 Å². The topological polar surface area (TPSA) is 115 Å². The SMILES string of the molecule is CC(C)(CS(=O)(=O)c1ccc(Oc2ccccc2)cc1)C(OCc1cccnc1)C(=O)NO. The molecule has 2 N–H and O–H groups in total.